The maximum absolute atomic E-state index is 9.45. The molecule has 0 aromatic rings. The fourth-order valence-electron chi connectivity index (χ4n) is 1.27. The topological polar surface area (TPSA) is 79.2 Å². The van der Waals surface area contributed by atoms with Crippen LogP contribution in [0.3, 0.4) is 0 Å². The zero-order chi connectivity index (χ0) is 10.6. The van der Waals surface area contributed by atoms with Gasteiger partial charge in [-0.3, -0.25) is 0 Å². The van der Waals surface area contributed by atoms with Crippen molar-refractivity contribution in [1.29, 1.82) is 0 Å². The Bertz CT molecular complexity index is 163. The summed E-state index contributed by atoms with van der Waals surface area (Å²) in [5, 5.41) is 27.9. The fourth-order valence-corrected chi connectivity index (χ4v) is 1.27. The number of hydrogen-bond donors (Lipinski definition) is 3. The molecule has 0 bridgehead atoms. The van der Waals surface area contributed by atoms with Crippen LogP contribution in [0.15, 0.2) is 0 Å². The van der Waals surface area contributed by atoms with Crippen molar-refractivity contribution in [3.05, 3.63) is 0 Å². The van der Waals surface area contributed by atoms with Crippen LogP contribution in [0.2, 0.25) is 0 Å². The van der Waals surface area contributed by atoms with Crippen LogP contribution in [0.5, 0.6) is 0 Å². The average Bonchev–Trinajstić information content (AvgIpc) is 2.18. The molecule has 1 aliphatic rings. The molecule has 0 amide bonds. The Morgan fingerprint density at radius 1 is 1.29 bits per heavy atom. The molecule has 4 atom stereocenters. The molecular weight excluding hydrogens is 188 g/mol. The number of aliphatic hydroxyl groups is 3. The van der Waals surface area contributed by atoms with E-state index in [1.165, 1.54) is 0 Å². The Morgan fingerprint density at radius 3 is 2.64 bits per heavy atom. The largest absolute Gasteiger partial charge is 0.388 e. The van der Waals surface area contributed by atoms with Gasteiger partial charge >= 0.3 is 0 Å². The summed E-state index contributed by atoms with van der Waals surface area (Å²) in [6, 6.07) is 0. The lowest BCUT2D eigenvalue weighted by atomic mass is 10.1. The summed E-state index contributed by atoms with van der Waals surface area (Å²) < 4.78 is 10.2. The third kappa shape index (κ3) is 2.90. The van der Waals surface area contributed by atoms with Gasteiger partial charge in [-0.05, 0) is 6.42 Å². The standard InChI is InChI=1S/C9H18O5/c1-2-3-4-13-9-8(12)7(11)6(10)5-14-9/h6-12H,2-5H2,1H3/t6-,7-,8-,9-/m1/s1. The molecule has 0 aromatic carbocycles. The minimum Gasteiger partial charge on any atom is -0.388 e. The van der Waals surface area contributed by atoms with E-state index in [0.29, 0.717) is 6.61 Å². The highest BCUT2D eigenvalue weighted by molar-refractivity contribution is 4.82. The van der Waals surface area contributed by atoms with E-state index >= 15 is 0 Å². The minimum atomic E-state index is -1.18. The first kappa shape index (κ1) is 11.9. The van der Waals surface area contributed by atoms with Gasteiger partial charge in [-0.1, -0.05) is 13.3 Å². The van der Waals surface area contributed by atoms with E-state index in [0.717, 1.165) is 12.8 Å². The number of rotatable bonds is 4. The van der Waals surface area contributed by atoms with Gasteiger partial charge < -0.3 is 24.8 Å². The van der Waals surface area contributed by atoms with Gasteiger partial charge in [-0.2, -0.15) is 0 Å². The number of aliphatic hydroxyl groups excluding tert-OH is 3. The molecule has 84 valence electrons. The Balaban J connectivity index is 2.31. The first-order valence-corrected chi connectivity index (χ1v) is 4.94. The van der Waals surface area contributed by atoms with Gasteiger partial charge in [0.2, 0.25) is 0 Å². The van der Waals surface area contributed by atoms with Crippen LogP contribution in [0.25, 0.3) is 0 Å². The summed E-state index contributed by atoms with van der Waals surface area (Å²) in [7, 11) is 0. The van der Waals surface area contributed by atoms with E-state index in [4.69, 9.17) is 14.6 Å². The molecule has 0 aromatic heterocycles. The second kappa shape index (κ2) is 5.63. The molecule has 5 heteroatoms. The third-order valence-electron chi connectivity index (χ3n) is 2.23. The second-order valence-corrected chi connectivity index (χ2v) is 3.47. The molecule has 0 radical (unpaired) electrons. The van der Waals surface area contributed by atoms with Crippen molar-refractivity contribution >= 4 is 0 Å². The summed E-state index contributed by atoms with van der Waals surface area (Å²) >= 11 is 0. The van der Waals surface area contributed by atoms with Crippen molar-refractivity contribution in [2.45, 2.75) is 44.4 Å². The molecule has 0 spiro atoms. The molecule has 3 N–H and O–H groups in total. The van der Waals surface area contributed by atoms with Gasteiger partial charge in [0.05, 0.1) is 6.61 Å². The van der Waals surface area contributed by atoms with Crippen molar-refractivity contribution in [2.75, 3.05) is 13.2 Å². The minimum absolute atomic E-state index is 0.00494. The monoisotopic (exact) mass is 206 g/mol. The summed E-state index contributed by atoms with van der Waals surface area (Å²) in [5.74, 6) is 0. The van der Waals surface area contributed by atoms with Crippen LogP contribution in [0, 0.1) is 0 Å². The molecule has 1 rings (SSSR count). The van der Waals surface area contributed by atoms with E-state index in [-0.39, 0.29) is 6.61 Å². The SMILES string of the molecule is CCCCO[C@@H]1OC[C@@H](O)[C@@H](O)[C@H]1O. The molecule has 1 aliphatic heterocycles. The van der Waals surface area contributed by atoms with Crippen molar-refractivity contribution < 1.29 is 24.8 Å². The summed E-state index contributed by atoms with van der Waals surface area (Å²) in [4.78, 5) is 0. The number of hydrogen-bond acceptors (Lipinski definition) is 5. The van der Waals surface area contributed by atoms with E-state index in [1.807, 2.05) is 6.92 Å². The van der Waals surface area contributed by atoms with E-state index in [2.05, 4.69) is 0 Å². The molecule has 0 aliphatic carbocycles. The van der Waals surface area contributed by atoms with Gasteiger partial charge in [0, 0.05) is 6.61 Å². The number of unbranched alkanes of at least 4 members (excludes halogenated alkanes) is 1. The molecule has 1 saturated heterocycles. The molecule has 0 unspecified atom stereocenters. The highest BCUT2D eigenvalue weighted by Crippen LogP contribution is 2.16. The zero-order valence-corrected chi connectivity index (χ0v) is 8.30. The van der Waals surface area contributed by atoms with Gasteiger partial charge in [0.25, 0.3) is 0 Å². The van der Waals surface area contributed by atoms with Crippen molar-refractivity contribution in [3.63, 3.8) is 0 Å². The summed E-state index contributed by atoms with van der Waals surface area (Å²) in [6.07, 6.45) is -2.33. The molecule has 14 heavy (non-hydrogen) atoms. The van der Waals surface area contributed by atoms with Crippen LogP contribution in [-0.2, 0) is 9.47 Å². The van der Waals surface area contributed by atoms with Crippen LogP contribution >= 0.6 is 0 Å². The summed E-state index contributed by atoms with van der Waals surface area (Å²) in [6.45, 7) is 2.51. The maximum Gasteiger partial charge on any atom is 0.186 e. The van der Waals surface area contributed by atoms with Gasteiger partial charge in [-0.15, -0.1) is 0 Å². The van der Waals surface area contributed by atoms with Crippen LogP contribution in [0.1, 0.15) is 19.8 Å². The Labute approximate surface area is 83.3 Å². The van der Waals surface area contributed by atoms with E-state index in [9.17, 15) is 10.2 Å². The molecular formula is C9H18O5. The average molecular weight is 206 g/mol. The molecule has 1 heterocycles. The second-order valence-electron chi connectivity index (χ2n) is 3.47. The third-order valence-corrected chi connectivity index (χ3v) is 2.23. The van der Waals surface area contributed by atoms with Gasteiger partial charge in [0.1, 0.15) is 18.3 Å². The highest BCUT2D eigenvalue weighted by atomic mass is 16.7. The zero-order valence-electron chi connectivity index (χ0n) is 8.30. The maximum atomic E-state index is 9.45. The fraction of sp³-hybridized carbons (Fsp3) is 1.00. The highest BCUT2D eigenvalue weighted by Gasteiger charge is 2.37. The van der Waals surface area contributed by atoms with Crippen LogP contribution in [-0.4, -0.2) is 53.1 Å². The van der Waals surface area contributed by atoms with Gasteiger partial charge in [0.15, 0.2) is 6.29 Å². The smallest absolute Gasteiger partial charge is 0.186 e. The lowest BCUT2D eigenvalue weighted by Gasteiger charge is -2.34. The normalized spacial score (nSPS) is 38.6. The van der Waals surface area contributed by atoms with Crippen LogP contribution < -0.4 is 0 Å². The Morgan fingerprint density at radius 2 is 2.00 bits per heavy atom. The van der Waals surface area contributed by atoms with Crippen molar-refractivity contribution in [2.24, 2.45) is 0 Å². The number of ether oxygens (including phenoxy) is 2. The predicted molar refractivity (Wildman–Crippen MR) is 48.6 cm³/mol. The Hall–Kier alpha value is -0.200. The summed E-state index contributed by atoms with van der Waals surface area (Å²) in [5.41, 5.74) is 0. The first-order chi connectivity index (χ1) is 6.66. The lowest BCUT2D eigenvalue weighted by molar-refractivity contribution is -0.269. The molecule has 1 fully saturated rings. The van der Waals surface area contributed by atoms with Crippen molar-refractivity contribution in [1.82, 2.24) is 0 Å². The lowest BCUT2D eigenvalue weighted by Crippen LogP contribution is -2.53. The molecule has 0 saturated carbocycles. The predicted octanol–water partition coefficient (Wildman–Crippen LogP) is -0.758. The quantitative estimate of drug-likeness (QED) is 0.527. The first-order valence-electron chi connectivity index (χ1n) is 4.94. The van der Waals surface area contributed by atoms with E-state index < -0.39 is 24.6 Å². The van der Waals surface area contributed by atoms with Crippen LogP contribution in [0.4, 0.5) is 0 Å². The van der Waals surface area contributed by atoms with E-state index in [1.54, 1.807) is 0 Å². The Kier molecular flexibility index (Phi) is 4.77. The van der Waals surface area contributed by atoms with Crippen molar-refractivity contribution in [3.8, 4) is 0 Å². The molecule has 5 nitrogen and oxygen atoms in total. The van der Waals surface area contributed by atoms with Gasteiger partial charge in [-0.25, -0.2) is 0 Å².